The number of aromatic nitrogens is 3. The van der Waals surface area contributed by atoms with Gasteiger partial charge in [-0.2, -0.15) is 5.10 Å². The van der Waals surface area contributed by atoms with Crippen LogP contribution in [-0.4, -0.2) is 20.7 Å². The van der Waals surface area contributed by atoms with Gasteiger partial charge in [0.1, 0.15) is 4.83 Å². The van der Waals surface area contributed by atoms with E-state index in [1.807, 2.05) is 48.9 Å². The number of carbonyl (C=O) groups is 1. The number of hydrogen-bond donors (Lipinski definition) is 1. The van der Waals surface area contributed by atoms with Crippen molar-refractivity contribution in [3.8, 4) is 0 Å². The maximum Gasteiger partial charge on any atom is 0.265 e. The predicted molar refractivity (Wildman–Crippen MR) is 105 cm³/mol. The summed E-state index contributed by atoms with van der Waals surface area (Å²) >= 11 is 1.47. The molecule has 1 amide bonds. The van der Waals surface area contributed by atoms with Gasteiger partial charge < -0.3 is 5.32 Å². The number of aryl methyl sites for hydroxylation is 2. The first-order valence-electron chi connectivity index (χ1n) is 8.35. The first-order chi connectivity index (χ1) is 12.6. The van der Waals surface area contributed by atoms with Crippen LogP contribution in [-0.2, 0) is 6.54 Å². The molecular weight excluding hydrogens is 344 g/mol. The number of amides is 1. The van der Waals surface area contributed by atoms with Gasteiger partial charge in [-0.1, -0.05) is 30.3 Å². The Kier molecular flexibility index (Phi) is 4.26. The van der Waals surface area contributed by atoms with Gasteiger partial charge in [0.25, 0.3) is 5.91 Å². The van der Waals surface area contributed by atoms with Crippen LogP contribution in [0.5, 0.6) is 0 Å². The second kappa shape index (κ2) is 6.72. The van der Waals surface area contributed by atoms with Crippen LogP contribution in [0.4, 0.5) is 5.69 Å². The van der Waals surface area contributed by atoms with Crippen LogP contribution in [0.2, 0.25) is 0 Å². The van der Waals surface area contributed by atoms with Crippen LogP contribution in [0.15, 0.2) is 54.7 Å². The zero-order valence-corrected chi connectivity index (χ0v) is 15.4. The summed E-state index contributed by atoms with van der Waals surface area (Å²) in [5.41, 5.74) is 3.74. The third kappa shape index (κ3) is 3.23. The van der Waals surface area contributed by atoms with Crippen molar-refractivity contribution in [3.63, 3.8) is 0 Å². The molecule has 0 saturated heterocycles. The molecule has 0 radical (unpaired) electrons. The number of pyridine rings is 1. The second-order valence-corrected chi connectivity index (χ2v) is 7.23. The fraction of sp³-hybridized carbons (Fsp3) is 0.150. The Labute approximate surface area is 155 Å². The van der Waals surface area contributed by atoms with Gasteiger partial charge in [-0.3, -0.25) is 14.5 Å². The highest BCUT2D eigenvalue weighted by Gasteiger charge is 2.16. The van der Waals surface area contributed by atoms with Crippen molar-refractivity contribution in [1.82, 2.24) is 14.8 Å². The monoisotopic (exact) mass is 362 g/mol. The van der Waals surface area contributed by atoms with E-state index in [2.05, 4.69) is 27.5 Å². The molecule has 0 fully saturated rings. The summed E-state index contributed by atoms with van der Waals surface area (Å²) in [5.74, 6) is -0.109. The number of hydrogen-bond acceptors (Lipinski definition) is 4. The first kappa shape index (κ1) is 16.5. The van der Waals surface area contributed by atoms with Gasteiger partial charge in [-0.05, 0) is 37.6 Å². The van der Waals surface area contributed by atoms with Crippen molar-refractivity contribution in [2.24, 2.45) is 0 Å². The Morgan fingerprint density at radius 3 is 2.73 bits per heavy atom. The van der Waals surface area contributed by atoms with E-state index >= 15 is 0 Å². The third-order valence-electron chi connectivity index (χ3n) is 4.16. The molecule has 5 nitrogen and oxygen atoms in total. The molecule has 0 aliphatic heterocycles. The lowest BCUT2D eigenvalue weighted by molar-refractivity contribution is 0.103. The van der Waals surface area contributed by atoms with Crippen molar-refractivity contribution in [2.45, 2.75) is 20.4 Å². The number of nitrogens with one attached hydrogen (secondary N) is 1. The number of rotatable bonds is 4. The number of thiophene rings is 1. The smallest absolute Gasteiger partial charge is 0.265 e. The molecule has 3 heterocycles. The molecule has 130 valence electrons. The molecule has 0 unspecified atom stereocenters. The van der Waals surface area contributed by atoms with E-state index in [0.29, 0.717) is 11.4 Å². The molecule has 0 aliphatic rings. The standard InChI is InChI=1S/C20H18N4OS/c1-13-10-16(8-9-21-13)22-19(25)18-11-17-14(2)23-24(20(17)26-18)12-15-6-4-3-5-7-15/h3-11H,12H2,1-2H3,(H,21,22,25). The lowest BCUT2D eigenvalue weighted by Gasteiger charge is -2.04. The molecular formula is C20H18N4OS. The largest absolute Gasteiger partial charge is 0.321 e. The molecule has 1 N–H and O–H groups in total. The lowest BCUT2D eigenvalue weighted by atomic mass is 10.2. The van der Waals surface area contributed by atoms with Gasteiger partial charge in [0, 0.05) is 23.0 Å². The molecule has 1 aromatic carbocycles. The van der Waals surface area contributed by atoms with Crippen molar-refractivity contribution >= 4 is 33.1 Å². The fourth-order valence-electron chi connectivity index (χ4n) is 2.90. The number of carbonyl (C=O) groups excluding carboxylic acids is 1. The van der Waals surface area contributed by atoms with E-state index in [0.717, 1.165) is 27.3 Å². The molecule has 26 heavy (non-hydrogen) atoms. The van der Waals surface area contributed by atoms with Crippen molar-refractivity contribution in [3.05, 3.63) is 76.6 Å². The average molecular weight is 362 g/mol. The van der Waals surface area contributed by atoms with Gasteiger partial charge in [-0.15, -0.1) is 11.3 Å². The van der Waals surface area contributed by atoms with Crippen molar-refractivity contribution in [2.75, 3.05) is 5.32 Å². The highest BCUT2D eigenvalue weighted by atomic mass is 32.1. The Morgan fingerprint density at radius 1 is 1.15 bits per heavy atom. The predicted octanol–water partition coefficient (Wildman–Crippen LogP) is 4.41. The molecule has 4 rings (SSSR count). The Balaban J connectivity index is 1.63. The summed E-state index contributed by atoms with van der Waals surface area (Å²) in [5, 5.41) is 8.60. The zero-order chi connectivity index (χ0) is 18.1. The van der Waals surface area contributed by atoms with Gasteiger partial charge in [0.15, 0.2) is 0 Å². The lowest BCUT2D eigenvalue weighted by Crippen LogP contribution is -2.10. The van der Waals surface area contributed by atoms with E-state index in [4.69, 9.17) is 0 Å². The average Bonchev–Trinajstić information content (AvgIpc) is 3.18. The molecule has 0 atom stereocenters. The maximum absolute atomic E-state index is 12.6. The minimum atomic E-state index is -0.109. The number of fused-ring (bicyclic) bond motifs is 1. The molecule has 6 heteroatoms. The minimum absolute atomic E-state index is 0.109. The molecule has 0 saturated carbocycles. The van der Waals surface area contributed by atoms with E-state index < -0.39 is 0 Å². The van der Waals surface area contributed by atoms with Crippen LogP contribution in [0, 0.1) is 13.8 Å². The van der Waals surface area contributed by atoms with E-state index in [1.54, 1.807) is 12.3 Å². The molecule has 4 aromatic rings. The van der Waals surface area contributed by atoms with Gasteiger partial charge in [-0.25, -0.2) is 0 Å². The van der Waals surface area contributed by atoms with Crippen LogP contribution in [0.3, 0.4) is 0 Å². The Bertz CT molecular complexity index is 1080. The molecule has 0 aliphatic carbocycles. The third-order valence-corrected chi connectivity index (χ3v) is 5.31. The van der Waals surface area contributed by atoms with Crippen LogP contribution in [0.1, 0.15) is 26.6 Å². The summed E-state index contributed by atoms with van der Waals surface area (Å²) < 4.78 is 1.97. The second-order valence-electron chi connectivity index (χ2n) is 6.20. The summed E-state index contributed by atoms with van der Waals surface area (Å²) in [6.07, 6.45) is 1.69. The number of anilines is 1. The van der Waals surface area contributed by atoms with Crippen LogP contribution in [0.25, 0.3) is 10.2 Å². The Hall–Kier alpha value is -2.99. The molecule has 0 spiro atoms. The van der Waals surface area contributed by atoms with Crippen molar-refractivity contribution in [1.29, 1.82) is 0 Å². The molecule has 0 bridgehead atoms. The van der Waals surface area contributed by atoms with Gasteiger partial charge in [0.05, 0.1) is 17.1 Å². The SMILES string of the molecule is Cc1cc(NC(=O)c2cc3c(C)nn(Cc4ccccc4)c3s2)ccn1. The van der Waals surface area contributed by atoms with Crippen LogP contribution >= 0.6 is 11.3 Å². The Morgan fingerprint density at radius 2 is 1.96 bits per heavy atom. The number of benzene rings is 1. The fourth-order valence-corrected chi connectivity index (χ4v) is 3.96. The van der Waals surface area contributed by atoms with E-state index in [1.165, 1.54) is 16.9 Å². The number of nitrogens with zero attached hydrogens (tertiary/aromatic N) is 3. The zero-order valence-electron chi connectivity index (χ0n) is 14.6. The quantitative estimate of drug-likeness (QED) is 0.585. The maximum atomic E-state index is 12.6. The highest BCUT2D eigenvalue weighted by Crippen LogP contribution is 2.29. The molecule has 3 aromatic heterocycles. The minimum Gasteiger partial charge on any atom is -0.321 e. The van der Waals surface area contributed by atoms with Crippen LogP contribution < -0.4 is 5.32 Å². The normalized spacial score (nSPS) is 11.0. The summed E-state index contributed by atoms with van der Waals surface area (Å²) in [6.45, 7) is 4.57. The van der Waals surface area contributed by atoms with Gasteiger partial charge >= 0.3 is 0 Å². The highest BCUT2D eigenvalue weighted by molar-refractivity contribution is 7.20. The van der Waals surface area contributed by atoms with E-state index in [-0.39, 0.29) is 5.91 Å². The summed E-state index contributed by atoms with van der Waals surface area (Å²) in [6, 6.07) is 15.8. The van der Waals surface area contributed by atoms with E-state index in [9.17, 15) is 4.79 Å². The summed E-state index contributed by atoms with van der Waals surface area (Å²) in [4.78, 5) is 18.5. The van der Waals surface area contributed by atoms with Crippen molar-refractivity contribution < 1.29 is 4.79 Å². The first-order valence-corrected chi connectivity index (χ1v) is 9.17. The topological polar surface area (TPSA) is 59.8 Å². The summed E-state index contributed by atoms with van der Waals surface area (Å²) in [7, 11) is 0. The van der Waals surface area contributed by atoms with Gasteiger partial charge in [0.2, 0.25) is 0 Å².